The maximum absolute atomic E-state index is 10.4. The first kappa shape index (κ1) is 7.81. The third kappa shape index (κ3) is 2.58. The Labute approximate surface area is 52.8 Å². The summed E-state index contributed by atoms with van der Waals surface area (Å²) >= 11 is 0. The van der Waals surface area contributed by atoms with Crippen LogP contribution < -0.4 is 5.32 Å². The monoisotopic (exact) mass is 128 g/mol. The molecular formula is C5H8N2O2. The van der Waals surface area contributed by atoms with Gasteiger partial charge in [0.15, 0.2) is 0 Å². The highest BCUT2D eigenvalue weighted by Gasteiger charge is 2.07. The molecule has 9 heavy (non-hydrogen) atoms. The molecule has 4 nitrogen and oxygen atoms in total. The molecule has 0 fully saturated rings. The van der Waals surface area contributed by atoms with Gasteiger partial charge in [0.1, 0.15) is 0 Å². The zero-order valence-corrected chi connectivity index (χ0v) is 5.10. The molecule has 0 bridgehead atoms. The lowest BCUT2D eigenvalue weighted by Crippen LogP contribution is -2.27. The van der Waals surface area contributed by atoms with Crippen LogP contribution in [0.5, 0.6) is 0 Å². The molecule has 0 aromatic rings. The standard InChI is InChI=1S/C5H8N2O2/c1-7-5(9)4(8)2-3-6/h3,6H,2H2,1H3,(H,7,9). The van der Waals surface area contributed by atoms with E-state index in [4.69, 9.17) is 5.41 Å². The summed E-state index contributed by atoms with van der Waals surface area (Å²) in [6.07, 6.45) is 0.789. The Morgan fingerprint density at radius 2 is 2.22 bits per heavy atom. The molecule has 0 aliphatic rings. The van der Waals surface area contributed by atoms with Gasteiger partial charge < -0.3 is 10.7 Å². The lowest BCUT2D eigenvalue weighted by Gasteiger charge is -1.91. The Kier molecular flexibility index (Phi) is 3.27. The van der Waals surface area contributed by atoms with Gasteiger partial charge in [-0.05, 0) is 0 Å². The number of hydrogen-bond donors (Lipinski definition) is 2. The Morgan fingerprint density at radius 3 is 2.56 bits per heavy atom. The van der Waals surface area contributed by atoms with Crippen LogP contribution in [0.4, 0.5) is 0 Å². The normalized spacial score (nSPS) is 8.11. The van der Waals surface area contributed by atoms with Crippen molar-refractivity contribution in [2.45, 2.75) is 6.42 Å². The van der Waals surface area contributed by atoms with Gasteiger partial charge in [0.2, 0.25) is 5.78 Å². The second kappa shape index (κ2) is 3.77. The second-order valence-corrected chi connectivity index (χ2v) is 1.41. The summed E-state index contributed by atoms with van der Waals surface area (Å²) in [5.41, 5.74) is 0. The molecule has 0 rings (SSSR count). The van der Waals surface area contributed by atoms with Crippen molar-refractivity contribution in [3.05, 3.63) is 0 Å². The van der Waals surface area contributed by atoms with E-state index >= 15 is 0 Å². The first-order valence-corrected chi connectivity index (χ1v) is 2.46. The predicted molar refractivity (Wildman–Crippen MR) is 32.5 cm³/mol. The molecular weight excluding hydrogens is 120 g/mol. The third-order valence-corrected chi connectivity index (χ3v) is 0.768. The molecule has 0 radical (unpaired) electrons. The molecule has 0 spiro atoms. The van der Waals surface area contributed by atoms with Crippen LogP contribution in [0.1, 0.15) is 6.42 Å². The van der Waals surface area contributed by atoms with Crippen LogP contribution in [0.25, 0.3) is 0 Å². The fourth-order valence-corrected chi connectivity index (χ4v) is 0.325. The molecule has 0 aliphatic heterocycles. The summed E-state index contributed by atoms with van der Waals surface area (Å²) in [6, 6.07) is 0. The van der Waals surface area contributed by atoms with E-state index in [1.54, 1.807) is 0 Å². The Balaban J connectivity index is 3.73. The molecule has 0 saturated carbocycles. The zero-order chi connectivity index (χ0) is 7.28. The summed E-state index contributed by atoms with van der Waals surface area (Å²) < 4.78 is 0. The number of amides is 1. The van der Waals surface area contributed by atoms with Gasteiger partial charge in [-0.2, -0.15) is 0 Å². The highest BCUT2D eigenvalue weighted by molar-refractivity contribution is 6.38. The van der Waals surface area contributed by atoms with Gasteiger partial charge in [-0.15, -0.1) is 0 Å². The van der Waals surface area contributed by atoms with Gasteiger partial charge >= 0.3 is 0 Å². The molecule has 0 atom stereocenters. The number of Topliss-reactive ketones (excluding diaryl/α,β-unsaturated/α-hetero) is 1. The zero-order valence-electron chi connectivity index (χ0n) is 5.10. The molecule has 0 heterocycles. The second-order valence-electron chi connectivity index (χ2n) is 1.41. The van der Waals surface area contributed by atoms with E-state index in [-0.39, 0.29) is 6.42 Å². The number of hydrogen-bond acceptors (Lipinski definition) is 3. The van der Waals surface area contributed by atoms with Crippen LogP contribution in [0, 0.1) is 5.41 Å². The SMILES string of the molecule is CNC(=O)C(=O)CC=N. The van der Waals surface area contributed by atoms with Crippen molar-refractivity contribution in [3.8, 4) is 0 Å². The molecule has 0 aromatic heterocycles. The van der Waals surface area contributed by atoms with Crippen molar-refractivity contribution in [1.82, 2.24) is 5.32 Å². The molecule has 0 aliphatic carbocycles. The van der Waals surface area contributed by atoms with Crippen molar-refractivity contribution in [1.29, 1.82) is 5.41 Å². The van der Waals surface area contributed by atoms with Gasteiger partial charge in [-0.3, -0.25) is 9.59 Å². The fourth-order valence-electron chi connectivity index (χ4n) is 0.325. The van der Waals surface area contributed by atoms with Gasteiger partial charge in [-0.1, -0.05) is 0 Å². The summed E-state index contributed by atoms with van der Waals surface area (Å²) in [5, 5.41) is 8.63. The highest BCUT2D eigenvalue weighted by Crippen LogP contribution is 1.76. The minimum atomic E-state index is -0.640. The van der Waals surface area contributed by atoms with Crippen molar-refractivity contribution in [3.63, 3.8) is 0 Å². The van der Waals surface area contributed by atoms with E-state index in [0.717, 1.165) is 6.21 Å². The molecule has 0 aromatic carbocycles. The van der Waals surface area contributed by atoms with Crippen molar-refractivity contribution in [2.75, 3.05) is 7.05 Å². The molecule has 4 heteroatoms. The van der Waals surface area contributed by atoms with Gasteiger partial charge in [-0.25, -0.2) is 0 Å². The number of likely N-dealkylation sites (N-methyl/N-ethyl adjacent to an activating group) is 1. The molecule has 0 saturated heterocycles. The summed E-state index contributed by atoms with van der Waals surface area (Å²) in [4.78, 5) is 20.7. The topological polar surface area (TPSA) is 70.0 Å². The first-order valence-electron chi connectivity index (χ1n) is 2.46. The van der Waals surface area contributed by atoms with Crippen LogP contribution >= 0.6 is 0 Å². The smallest absolute Gasteiger partial charge is 0.287 e. The molecule has 50 valence electrons. The van der Waals surface area contributed by atoms with Crippen LogP contribution in [0.3, 0.4) is 0 Å². The largest absolute Gasteiger partial charge is 0.353 e. The van der Waals surface area contributed by atoms with Gasteiger partial charge in [0, 0.05) is 13.3 Å². The first-order chi connectivity index (χ1) is 4.22. The van der Waals surface area contributed by atoms with Crippen LogP contribution in [-0.4, -0.2) is 25.0 Å². The highest BCUT2D eigenvalue weighted by atomic mass is 16.2. The van der Waals surface area contributed by atoms with Crippen LogP contribution in [0.15, 0.2) is 0 Å². The lowest BCUT2D eigenvalue weighted by molar-refractivity contribution is -0.136. The number of carbonyl (C=O) groups excluding carboxylic acids is 2. The molecule has 1 amide bonds. The maximum atomic E-state index is 10.4. The van der Waals surface area contributed by atoms with Crippen molar-refractivity contribution in [2.24, 2.45) is 0 Å². The van der Waals surface area contributed by atoms with E-state index < -0.39 is 11.7 Å². The summed E-state index contributed by atoms with van der Waals surface area (Å²) in [7, 11) is 1.38. The van der Waals surface area contributed by atoms with Gasteiger partial charge in [0.05, 0.1) is 6.42 Å². The Bertz CT molecular complexity index is 142. The van der Waals surface area contributed by atoms with Crippen LogP contribution in [0.2, 0.25) is 0 Å². The predicted octanol–water partition coefficient (Wildman–Crippen LogP) is -0.659. The minimum Gasteiger partial charge on any atom is -0.353 e. The number of carbonyl (C=O) groups is 2. The van der Waals surface area contributed by atoms with Crippen molar-refractivity contribution < 1.29 is 9.59 Å². The third-order valence-electron chi connectivity index (χ3n) is 0.768. The summed E-state index contributed by atoms with van der Waals surface area (Å²) in [6.45, 7) is 0. The maximum Gasteiger partial charge on any atom is 0.287 e. The molecule has 2 N–H and O–H groups in total. The number of nitrogens with one attached hydrogen (secondary N) is 2. The van der Waals surface area contributed by atoms with E-state index in [1.807, 2.05) is 0 Å². The average Bonchev–Trinajstić information content (AvgIpc) is 1.87. The van der Waals surface area contributed by atoms with E-state index in [9.17, 15) is 9.59 Å². The average molecular weight is 128 g/mol. The van der Waals surface area contributed by atoms with E-state index in [1.165, 1.54) is 7.05 Å². The van der Waals surface area contributed by atoms with E-state index in [0.29, 0.717) is 0 Å². The van der Waals surface area contributed by atoms with Gasteiger partial charge in [0.25, 0.3) is 5.91 Å². The number of rotatable bonds is 3. The van der Waals surface area contributed by atoms with Crippen molar-refractivity contribution >= 4 is 17.9 Å². The lowest BCUT2D eigenvalue weighted by atomic mass is 10.3. The van der Waals surface area contributed by atoms with E-state index in [2.05, 4.69) is 5.32 Å². The fraction of sp³-hybridized carbons (Fsp3) is 0.400. The summed E-state index contributed by atoms with van der Waals surface area (Å²) in [5.74, 6) is -1.22. The quantitative estimate of drug-likeness (QED) is 0.391. The minimum absolute atomic E-state index is 0.111. The Morgan fingerprint density at radius 1 is 1.67 bits per heavy atom. The van der Waals surface area contributed by atoms with Crippen LogP contribution in [-0.2, 0) is 9.59 Å². The number of ketones is 1. The Hall–Kier alpha value is -1.19. The molecule has 0 unspecified atom stereocenters.